The average molecular weight is 355 g/mol. The third-order valence-corrected chi connectivity index (χ3v) is 4.82. The van der Waals surface area contributed by atoms with E-state index in [1.165, 1.54) is 77.0 Å². The zero-order valence-corrected chi connectivity index (χ0v) is 17.6. The van der Waals surface area contributed by atoms with Crippen molar-refractivity contribution >= 4 is 0 Å². The van der Waals surface area contributed by atoms with Crippen molar-refractivity contribution in [3.63, 3.8) is 0 Å². The van der Waals surface area contributed by atoms with Crippen LogP contribution in [0.3, 0.4) is 0 Å². The summed E-state index contributed by atoms with van der Waals surface area (Å²) in [5.74, 6) is 0. The molecule has 0 rings (SSSR count). The number of allylic oxidation sites excluding steroid dienone is 1. The van der Waals surface area contributed by atoms with Gasteiger partial charge in [-0.2, -0.15) is 0 Å². The Balaban J connectivity index is 3.68. The lowest BCUT2D eigenvalue weighted by Gasteiger charge is -2.28. The first-order valence-electron chi connectivity index (χ1n) is 10.9. The van der Waals surface area contributed by atoms with Crippen molar-refractivity contribution in [2.24, 2.45) is 5.41 Å². The topological polar surface area (TPSA) is 18.5 Å². The Morgan fingerprint density at radius 1 is 0.680 bits per heavy atom. The Hall–Kier alpha value is -0.340. The zero-order chi connectivity index (χ0) is 18.6. The molecule has 0 saturated carbocycles. The molecule has 25 heavy (non-hydrogen) atoms. The Kier molecular flexibility index (Phi) is 18.2. The molecular weight excluding hydrogens is 308 g/mol. The molecule has 0 aliphatic carbocycles. The first kappa shape index (κ1) is 24.7. The number of hydrogen-bond acceptors (Lipinski definition) is 2. The molecule has 2 nitrogen and oxygen atoms in total. The van der Waals surface area contributed by atoms with Crippen LogP contribution < -0.4 is 0 Å². The van der Waals surface area contributed by atoms with E-state index in [2.05, 4.69) is 27.4 Å². The van der Waals surface area contributed by atoms with E-state index in [1.54, 1.807) is 0 Å². The summed E-state index contributed by atoms with van der Waals surface area (Å²) in [5.41, 5.74) is 0.0756. The minimum Gasteiger partial charge on any atom is -0.381 e. The van der Waals surface area contributed by atoms with Crippen LogP contribution >= 0.6 is 0 Å². The summed E-state index contributed by atoms with van der Waals surface area (Å²) in [6, 6.07) is 0. The van der Waals surface area contributed by atoms with E-state index in [9.17, 15) is 0 Å². The molecule has 150 valence electrons. The van der Waals surface area contributed by atoms with Gasteiger partial charge in [0.2, 0.25) is 0 Å². The summed E-state index contributed by atoms with van der Waals surface area (Å²) < 4.78 is 11.9. The van der Waals surface area contributed by atoms with Crippen LogP contribution in [0.2, 0.25) is 0 Å². The van der Waals surface area contributed by atoms with Gasteiger partial charge in [-0.15, -0.1) is 6.58 Å². The molecule has 0 radical (unpaired) electrons. The highest BCUT2D eigenvalue weighted by molar-refractivity contribution is 4.83. The standard InChI is InChI=1S/C23H46O2/c1-5-8-10-12-14-16-19-24-21-23(4,18-7-3)22-25-20-17-15-13-11-9-6-2/h7H,3,5-6,8-22H2,1-2,4H3. The van der Waals surface area contributed by atoms with E-state index >= 15 is 0 Å². The third kappa shape index (κ3) is 16.9. The normalized spacial score (nSPS) is 11.8. The number of unbranched alkanes of at least 4 members (excludes halogenated alkanes) is 10. The van der Waals surface area contributed by atoms with E-state index in [-0.39, 0.29) is 5.41 Å². The Bertz CT molecular complexity index is 255. The molecule has 0 aromatic heterocycles. The monoisotopic (exact) mass is 354 g/mol. The lowest BCUT2D eigenvalue weighted by molar-refractivity contribution is -0.0132. The predicted molar refractivity (Wildman–Crippen MR) is 111 cm³/mol. The highest BCUT2D eigenvalue weighted by atomic mass is 16.5. The van der Waals surface area contributed by atoms with Gasteiger partial charge in [-0.1, -0.05) is 91.1 Å². The first-order valence-corrected chi connectivity index (χ1v) is 10.9. The van der Waals surface area contributed by atoms with E-state index < -0.39 is 0 Å². The van der Waals surface area contributed by atoms with Gasteiger partial charge in [0.05, 0.1) is 13.2 Å². The fourth-order valence-electron chi connectivity index (χ4n) is 3.11. The molecule has 2 heteroatoms. The highest BCUT2D eigenvalue weighted by Crippen LogP contribution is 2.23. The predicted octanol–water partition coefficient (Wildman–Crippen LogP) is 7.32. The van der Waals surface area contributed by atoms with E-state index in [0.717, 1.165) is 32.8 Å². The van der Waals surface area contributed by atoms with Gasteiger partial charge >= 0.3 is 0 Å². The Morgan fingerprint density at radius 3 is 1.48 bits per heavy atom. The van der Waals surface area contributed by atoms with Crippen molar-refractivity contribution in [1.29, 1.82) is 0 Å². The first-order chi connectivity index (χ1) is 12.2. The molecule has 0 bridgehead atoms. The van der Waals surface area contributed by atoms with Crippen LogP contribution in [-0.2, 0) is 9.47 Å². The SMILES string of the molecule is C=CCC(C)(COCCCCCCCC)COCCCCCCCC. The molecule has 0 atom stereocenters. The van der Waals surface area contributed by atoms with Crippen molar-refractivity contribution in [1.82, 2.24) is 0 Å². The minimum absolute atomic E-state index is 0.0756. The second-order valence-corrected chi connectivity index (χ2v) is 7.94. The van der Waals surface area contributed by atoms with Gasteiger partial charge in [0, 0.05) is 18.6 Å². The van der Waals surface area contributed by atoms with Gasteiger partial charge in [-0.05, 0) is 19.3 Å². The maximum absolute atomic E-state index is 5.95. The smallest absolute Gasteiger partial charge is 0.0544 e. The van der Waals surface area contributed by atoms with Gasteiger partial charge in [-0.25, -0.2) is 0 Å². The van der Waals surface area contributed by atoms with Crippen molar-refractivity contribution < 1.29 is 9.47 Å². The second-order valence-electron chi connectivity index (χ2n) is 7.94. The fraction of sp³-hybridized carbons (Fsp3) is 0.913. The van der Waals surface area contributed by atoms with Crippen molar-refractivity contribution in [2.75, 3.05) is 26.4 Å². The van der Waals surface area contributed by atoms with Crippen molar-refractivity contribution in [3.05, 3.63) is 12.7 Å². The molecule has 0 fully saturated rings. The van der Waals surface area contributed by atoms with Gasteiger partial charge in [-0.3, -0.25) is 0 Å². The zero-order valence-electron chi connectivity index (χ0n) is 17.6. The van der Waals surface area contributed by atoms with Crippen LogP contribution in [0.1, 0.15) is 104 Å². The van der Waals surface area contributed by atoms with Gasteiger partial charge in [0.25, 0.3) is 0 Å². The van der Waals surface area contributed by atoms with E-state index in [4.69, 9.17) is 9.47 Å². The summed E-state index contributed by atoms with van der Waals surface area (Å²) in [6.45, 7) is 14.0. The lowest BCUT2D eigenvalue weighted by Crippen LogP contribution is -2.29. The third-order valence-electron chi connectivity index (χ3n) is 4.82. The number of hydrogen-bond donors (Lipinski definition) is 0. The second kappa shape index (κ2) is 18.5. The van der Waals surface area contributed by atoms with Crippen LogP contribution in [0.15, 0.2) is 12.7 Å². The summed E-state index contributed by atoms with van der Waals surface area (Å²) in [6.07, 6.45) is 18.7. The molecule has 0 spiro atoms. The summed E-state index contributed by atoms with van der Waals surface area (Å²) >= 11 is 0. The molecule has 0 aliphatic heterocycles. The van der Waals surface area contributed by atoms with Crippen LogP contribution in [0, 0.1) is 5.41 Å². The minimum atomic E-state index is 0.0756. The molecule has 0 heterocycles. The Labute approximate surface area is 158 Å². The lowest BCUT2D eigenvalue weighted by atomic mass is 9.89. The maximum atomic E-state index is 5.95. The molecule has 0 aromatic carbocycles. The highest BCUT2D eigenvalue weighted by Gasteiger charge is 2.23. The van der Waals surface area contributed by atoms with Crippen LogP contribution in [0.25, 0.3) is 0 Å². The van der Waals surface area contributed by atoms with Gasteiger partial charge in [0.1, 0.15) is 0 Å². The molecule has 0 amide bonds. The summed E-state index contributed by atoms with van der Waals surface area (Å²) in [4.78, 5) is 0. The maximum Gasteiger partial charge on any atom is 0.0544 e. The number of rotatable bonds is 20. The largest absolute Gasteiger partial charge is 0.381 e. The Morgan fingerprint density at radius 2 is 1.08 bits per heavy atom. The molecule has 0 aromatic rings. The van der Waals surface area contributed by atoms with Crippen LogP contribution in [0.4, 0.5) is 0 Å². The molecule has 0 aliphatic rings. The summed E-state index contributed by atoms with van der Waals surface area (Å²) in [5, 5.41) is 0. The van der Waals surface area contributed by atoms with Crippen molar-refractivity contribution in [2.45, 2.75) is 104 Å². The van der Waals surface area contributed by atoms with Crippen LogP contribution in [0.5, 0.6) is 0 Å². The molecule has 0 unspecified atom stereocenters. The van der Waals surface area contributed by atoms with Gasteiger partial charge < -0.3 is 9.47 Å². The average Bonchev–Trinajstić information content (AvgIpc) is 2.60. The fourth-order valence-corrected chi connectivity index (χ4v) is 3.11. The number of ether oxygens (including phenoxy) is 2. The van der Waals surface area contributed by atoms with Gasteiger partial charge in [0.15, 0.2) is 0 Å². The summed E-state index contributed by atoms with van der Waals surface area (Å²) in [7, 11) is 0. The quantitative estimate of drug-likeness (QED) is 0.168. The van der Waals surface area contributed by atoms with Crippen molar-refractivity contribution in [3.8, 4) is 0 Å². The molecular formula is C23H46O2. The molecule has 0 saturated heterocycles. The van der Waals surface area contributed by atoms with E-state index in [1.807, 2.05) is 6.08 Å². The molecule has 0 N–H and O–H groups in total. The van der Waals surface area contributed by atoms with Crippen LogP contribution in [-0.4, -0.2) is 26.4 Å². The van der Waals surface area contributed by atoms with E-state index in [0.29, 0.717) is 0 Å².